The summed E-state index contributed by atoms with van der Waals surface area (Å²) in [4.78, 5) is 13.0. The SMILES string of the molecule is Cc1nc(NC(C)c2cccc(N)n2)c2cn[nH]c2n1. The molecular weight excluding hydrogens is 254 g/mol. The fourth-order valence-corrected chi connectivity index (χ4v) is 2.05. The standard InChI is InChI=1S/C13H15N7/c1-7(10-4-3-5-11(14)19-10)16-12-9-6-15-20-13(9)18-8(2)17-12/h3-7H,1-2H3,(H2,14,19)(H2,15,16,17,18,20). The maximum absolute atomic E-state index is 5.71. The Balaban J connectivity index is 1.94. The maximum Gasteiger partial charge on any atom is 0.161 e. The molecule has 0 bridgehead atoms. The number of rotatable bonds is 3. The number of aromatic nitrogens is 5. The van der Waals surface area contributed by atoms with Crippen LogP contribution in [-0.2, 0) is 0 Å². The van der Waals surface area contributed by atoms with Gasteiger partial charge in [-0.15, -0.1) is 0 Å². The molecule has 7 heteroatoms. The van der Waals surface area contributed by atoms with Crippen molar-refractivity contribution >= 4 is 22.7 Å². The Labute approximate surface area is 115 Å². The number of fused-ring (bicyclic) bond motifs is 1. The summed E-state index contributed by atoms with van der Waals surface area (Å²) in [5, 5.41) is 11.0. The summed E-state index contributed by atoms with van der Waals surface area (Å²) in [6.45, 7) is 3.85. The van der Waals surface area contributed by atoms with Crippen LogP contribution in [0.1, 0.15) is 24.5 Å². The van der Waals surface area contributed by atoms with E-state index in [1.807, 2.05) is 26.0 Å². The highest BCUT2D eigenvalue weighted by molar-refractivity contribution is 5.85. The predicted octanol–water partition coefficient (Wildman–Crippen LogP) is 1.81. The van der Waals surface area contributed by atoms with Gasteiger partial charge < -0.3 is 11.1 Å². The topological polar surface area (TPSA) is 105 Å². The number of nitrogens with one attached hydrogen (secondary N) is 2. The van der Waals surface area contributed by atoms with Gasteiger partial charge in [0, 0.05) is 0 Å². The molecule has 0 aliphatic carbocycles. The van der Waals surface area contributed by atoms with Gasteiger partial charge in [0.05, 0.1) is 23.3 Å². The van der Waals surface area contributed by atoms with Crippen LogP contribution in [0, 0.1) is 6.92 Å². The lowest BCUT2D eigenvalue weighted by Gasteiger charge is -2.15. The highest BCUT2D eigenvalue weighted by atomic mass is 15.2. The van der Waals surface area contributed by atoms with E-state index in [4.69, 9.17) is 5.73 Å². The first-order valence-electron chi connectivity index (χ1n) is 6.30. The van der Waals surface area contributed by atoms with E-state index < -0.39 is 0 Å². The molecule has 20 heavy (non-hydrogen) atoms. The van der Waals surface area contributed by atoms with E-state index in [2.05, 4.69) is 30.5 Å². The molecule has 0 radical (unpaired) electrons. The monoisotopic (exact) mass is 269 g/mol. The van der Waals surface area contributed by atoms with Gasteiger partial charge in [-0.2, -0.15) is 5.10 Å². The lowest BCUT2D eigenvalue weighted by Crippen LogP contribution is -2.11. The summed E-state index contributed by atoms with van der Waals surface area (Å²) < 4.78 is 0. The summed E-state index contributed by atoms with van der Waals surface area (Å²) in [5.74, 6) is 1.92. The third-order valence-corrected chi connectivity index (χ3v) is 3.01. The number of H-pyrrole nitrogens is 1. The summed E-state index contributed by atoms with van der Waals surface area (Å²) in [5.41, 5.74) is 7.28. The van der Waals surface area contributed by atoms with Crippen molar-refractivity contribution < 1.29 is 0 Å². The van der Waals surface area contributed by atoms with Gasteiger partial charge >= 0.3 is 0 Å². The van der Waals surface area contributed by atoms with Crippen LogP contribution in [0.3, 0.4) is 0 Å². The van der Waals surface area contributed by atoms with Crippen LogP contribution in [0.2, 0.25) is 0 Å². The normalized spacial score (nSPS) is 12.5. The molecule has 0 aromatic carbocycles. The van der Waals surface area contributed by atoms with Gasteiger partial charge in [0.2, 0.25) is 0 Å². The Kier molecular flexibility index (Phi) is 2.94. The number of anilines is 2. The van der Waals surface area contributed by atoms with Gasteiger partial charge in [-0.1, -0.05) is 6.07 Å². The molecule has 0 aliphatic rings. The lowest BCUT2D eigenvalue weighted by atomic mass is 10.2. The van der Waals surface area contributed by atoms with Crippen molar-refractivity contribution in [3.05, 3.63) is 35.9 Å². The Morgan fingerprint density at radius 2 is 2.10 bits per heavy atom. The van der Waals surface area contributed by atoms with Crippen LogP contribution in [0.4, 0.5) is 11.6 Å². The third-order valence-electron chi connectivity index (χ3n) is 3.01. The second kappa shape index (κ2) is 4.76. The molecule has 4 N–H and O–H groups in total. The van der Waals surface area contributed by atoms with Crippen molar-refractivity contribution in [2.75, 3.05) is 11.1 Å². The van der Waals surface area contributed by atoms with Gasteiger partial charge in [-0.25, -0.2) is 15.0 Å². The van der Waals surface area contributed by atoms with Gasteiger partial charge in [-0.05, 0) is 26.0 Å². The van der Waals surface area contributed by atoms with Crippen LogP contribution in [-0.4, -0.2) is 25.1 Å². The zero-order valence-electron chi connectivity index (χ0n) is 11.3. The molecule has 1 unspecified atom stereocenters. The first-order valence-corrected chi connectivity index (χ1v) is 6.30. The van der Waals surface area contributed by atoms with Crippen molar-refractivity contribution in [2.45, 2.75) is 19.9 Å². The van der Waals surface area contributed by atoms with Crippen molar-refractivity contribution in [1.82, 2.24) is 25.1 Å². The van der Waals surface area contributed by atoms with Crippen LogP contribution in [0.25, 0.3) is 11.0 Å². The molecule has 102 valence electrons. The minimum absolute atomic E-state index is 0.0223. The average Bonchev–Trinajstić information content (AvgIpc) is 2.86. The Bertz CT molecular complexity index is 749. The second-order valence-corrected chi connectivity index (χ2v) is 4.61. The third kappa shape index (κ3) is 2.25. The summed E-state index contributed by atoms with van der Waals surface area (Å²) in [6, 6.07) is 5.55. The lowest BCUT2D eigenvalue weighted by molar-refractivity contribution is 0.833. The van der Waals surface area contributed by atoms with E-state index in [1.54, 1.807) is 12.3 Å². The number of aromatic amines is 1. The van der Waals surface area contributed by atoms with E-state index >= 15 is 0 Å². The van der Waals surface area contributed by atoms with Crippen molar-refractivity contribution in [2.24, 2.45) is 0 Å². The molecular formula is C13H15N7. The zero-order valence-corrected chi connectivity index (χ0v) is 11.3. The number of nitrogens with zero attached hydrogens (tertiary/aromatic N) is 4. The minimum Gasteiger partial charge on any atom is -0.384 e. The molecule has 0 saturated heterocycles. The Hall–Kier alpha value is -2.70. The average molecular weight is 269 g/mol. The second-order valence-electron chi connectivity index (χ2n) is 4.61. The van der Waals surface area contributed by atoms with Crippen LogP contribution in [0.15, 0.2) is 24.4 Å². The summed E-state index contributed by atoms with van der Waals surface area (Å²) in [6.07, 6.45) is 1.70. The predicted molar refractivity (Wildman–Crippen MR) is 77.1 cm³/mol. The molecule has 1 atom stereocenters. The van der Waals surface area contributed by atoms with Crippen molar-refractivity contribution in [1.29, 1.82) is 0 Å². The number of nitrogens with two attached hydrogens (primary N) is 1. The molecule has 0 fully saturated rings. The van der Waals surface area contributed by atoms with E-state index in [0.29, 0.717) is 17.3 Å². The smallest absolute Gasteiger partial charge is 0.161 e. The summed E-state index contributed by atoms with van der Waals surface area (Å²) >= 11 is 0. The molecule has 0 spiro atoms. The summed E-state index contributed by atoms with van der Waals surface area (Å²) in [7, 11) is 0. The van der Waals surface area contributed by atoms with Gasteiger partial charge in [-0.3, -0.25) is 5.10 Å². The molecule has 3 rings (SSSR count). The van der Waals surface area contributed by atoms with E-state index in [1.165, 1.54) is 0 Å². The van der Waals surface area contributed by atoms with E-state index in [0.717, 1.165) is 16.9 Å². The molecule has 3 heterocycles. The molecule has 0 saturated carbocycles. The first kappa shape index (κ1) is 12.3. The van der Waals surface area contributed by atoms with Crippen LogP contribution < -0.4 is 11.1 Å². The highest BCUT2D eigenvalue weighted by Crippen LogP contribution is 2.23. The largest absolute Gasteiger partial charge is 0.384 e. The maximum atomic E-state index is 5.71. The van der Waals surface area contributed by atoms with Crippen molar-refractivity contribution in [3.8, 4) is 0 Å². The number of hydrogen-bond acceptors (Lipinski definition) is 6. The fraction of sp³-hybridized carbons (Fsp3) is 0.231. The number of hydrogen-bond donors (Lipinski definition) is 3. The molecule has 0 amide bonds. The number of aryl methyl sites for hydroxylation is 1. The van der Waals surface area contributed by atoms with Gasteiger partial charge in [0.25, 0.3) is 0 Å². The first-order chi connectivity index (χ1) is 9.63. The van der Waals surface area contributed by atoms with E-state index in [9.17, 15) is 0 Å². The van der Waals surface area contributed by atoms with Gasteiger partial charge in [0.15, 0.2) is 5.65 Å². The Morgan fingerprint density at radius 1 is 1.25 bits per heavy atom. The fourth-order valence-electron chi connectivity index (χ4n) is 2.05. The van der Waals surface area contributed by atoms with Crippen LogP contribution in [0.5, 0.6) is 0 Å². The zero-order chi connectivity index (χ0) is 14.1. The van der Waals surface area contributed by atoms with E-state index in [-0.39, 0.29) is 6.04 Å². The minimum atomic E-state index is -0.0223. The Morgan fingerprint density at radius 3 is 2.90 bits per heavy atom. The molecule has 3 aromatic heterocycles. The highest BCUT2D eigenvalue weighted by Gasteiger charge is 2.12. The quantitative estimate of drug-likeness (QED) is 0.669. The number of nitrogen functional groups attached to an aromatic ring is 1. The van der Waals surface area contributed by atoms with Crippen molar-refractivity contribution in [3.63, 3.8) is 0 Å². The molecule has 0 aliphatic heterocycles. The van der Waals surface area contributed by atoms with Gasteiger partial charge in [0.1, 0.15) is 17.5 Å². The van der Waals surface area contributed by atoms with Crippen LogP contribution >= 0.6 is 0 Å². The molecule has 7 nitrogen and oxygen atoms in total. The number of pyridine rings is 1. The molecule has 3 aromatic rings.